The average Bonchev–Trinajstić information content (AvgIpc) is 3.61. The zero-order valence-electron chi connectivity index (χ0n) is 33.5. The summed E-state index contributed by atoms with van der Waals surface area (Å²) >= 11 is 6.24. The van der Waals surface area contributed by atoms with Crippen LogP contribution in [0.3, 0.4) is 0 Å². The Morgan fingerprint density at radius 1 is 0.942 bits per heavy atom. The van der Waals surface area contributed by atoms with Crippen LogP contribution in [0.2, 0.25) is 5.02 Å². The molecule has 4 fully saturated rings. The number of carbonyl (C=O) groups is 2. The van der Waals surface area contributed by atoms with Crippen LogP contribution in [-0.2, 0) is 26.8 Å². The third-order valence-corrected chi connectivity index (χ3v) is 16.7. The molecule has 6 nitrogen and oxygen atoms in total. The van der Waals surface area contributed by atoms with Gasteiger partial charge in [-0.3, -0.25) is 14.3 Å². The Morgan fingerprint density at radius 2 is 1.63 bits per heavy atom. The molecule has 0 N–H and O–H groups in total. The molecule has 1 heterocycles. The number of carbonyl (C=O) groups excluding carboxylic acids is 2. The van der Waals surface area contributed by atoms with Crippen LogP contribution in [0, 0.1) is 50.7 Å². The van der Waals surface area contributed by atoms with Crippen molar-refractivity contribution in [1.29, 1.82) is 0 Å². The van der Waals surface area contributed by atoms with Crippen LogP contribution in [0.25, 0.3) is 5.69 Å². The summed E-state index contributed by atoms with van der Waals surface area (Å²) in [7, 11) is 2.08. The molecule has 0 radical (unpaired) electrons. The number of hydrogen-bond donors (Lipinski definition) is 0. The van der Waals surface area contributed by atoms with Crippen molar-refractivity contribution in [3.05, 3.63) is 62.5 Å². The van der Waals surface area contributed by atoms with Gasteiger partial charge in [-0.25, -0.2) is 4.68 Å². The Labute approximate surface area is 317 Å². The molecule has 5 aliphatic rings. The van der Waals surface area contributed by atoms with E-state index in [1.54, 1.807) is 11.1 Å². The molecule has 7 heteroatoms. The number of benzene rings is 1. The first-order valence-electron chi connectivity index (χ1n) is 20.2. The third kappa shape index (κ3) is 5.33. The van der Waals surface area contributed by atoms with E-state index in [0.717, 1.165) is 56.9 Å². The number of ether oxygens (including phenoxy) is 1. The van der Waals surface area contributed by atoms with Crippen LogP contribution in [0.15, 0.2) is 46.3 Å². The first-order chi connectivity index (χ1) is 24.3. The number of esters is 1. The Kier molecular flexibility index (Phi) is 9.04. The fraction of sp³-hybridized carbons (Fsp3) is 0.711. The fourth-order valence-electron chi connectivity index (χ4n) is 13.7. The van der Waals surface area contributed by atoms with Crippen molar-refractivity contribution in [3.63, 3.8) is 0 Å². The average molecular weight is 731 g/mol. The summed E-state index contributed by atoms with van der Waals surface area (Å²) in [6, 6.07) is 9.57. The molecule has 5 aliphatic carbocycles. The van der Waals surface area contributed by atoms with Crippen molar-refractivity contribution >= 4 is 23.9 Å². The number of halogens is 1. The summed E-state index contributed by atoms with van der Waals surface area (Å²) in [5.41, 5.74) is 4.90. The molecule has 8 atom stereocenters. The van der Waals surface area contributed by atoms with E-state index in [1.807, 2.05) is 48.9 Å². The number of allylic oxidation sites excluding steroid dienone is 2. The molecule has 0 amide bonds. The van der Waals surface area contributed by atoms with Crippen LogP contribution in [-0.4, -0.2) is 27.7 Å². The summed E-state index contributed by atoms with van der Waals surface area (Å²) in [6.45, 7) is 21.0. The summed E-state index contributed by atoms with van der Waals surface area (Å²) in [4.78, 5) is 38.5. The van der Waals surface area contributed by atoms with Gasteiger partial charge in [0.05, 0.1) is 17.8 Å². The number of aldehydes is 1. The first kappa shape index (κ1) is 37.7. The summed E-state index contributed by atoms with van der Waals surface area (Å²) < 4.78 is 10.2. The van der Waals surface area contributed by atoms with Crippen molar-refractivity contribution in [3.8, 4) is 5.69 Å². The third-order valence-electron chi connectivity index (χ3n) is 16.5. The van der Waals surface area contributed by atoms with E-state index in [9.17, 15) is 14.4 Å². The van der Waals surface area contributed by atoms with Crippen molar-refractivity contribution in [2.24, 2.45) is 57.8 Å². The molecule has 52 heavy (non-hydrogen) atoms. The van der Waals surface area contributed by atoms with Crippen LogP contribution in [0.4, 0.5) is 0 Å². The van der Waals surface area contributed by atoms with Gasteiger partial charge in [-0.2, -0.15) is 0 Å². The second-order valence-electron chi connectivity index (χ2n) is 20.1. The Morgan fingerprint density at radius 3 is 2.29 bits per heavy atom. The molecule has 0 aliphatic heterocycles. The highest BCUT2D eigenvalue weighted by molar-refractivity contribution is 6.30. The maximum atomic E-state index is 13.8. The SMILES string of the molecule is CC(C)C1=C2C3CCC4C5(C)CCC(OC(=O)CC(C)(C)C=O)C(C)(C)C5CCC4(C)[C@]3(C)CCC2(c2cc(=O)n(-c3ccc(Cl)cc3)n2C)CC1. The van der Waals surface area contributed by atoms with Gasteiger partial charge in [-0.05, 0) is 128 Å². The van der Waals surface area contributed by atoms with Gasteiger partial charge in [-0.15, -0.1) is 0 Å². The van der Waals surface area contributed by atoms with Crippen LogP contribution in [0.5, 0.6) is 0 Å². The predicted molar refractivity (Wildman–Crippen MR) is 209 cm³/mol. The maximum Gasteiger partial charge on any atom is 0.307 e. The molecular weight excluding hydrogens is 668 g/mol. The smallest absolute Gasteiger partial charge is 0.307 e. The van der Waals surface area contributed by atoms with Gasteiger partial charge in [0.1, 0.15) is 12.4 Å². The van der Waals surface area contributed by atoms with Gasteiger partial charge in [-0.1, -0.05) is 85.1 Å². The molecule has 1 aromatic heterocycles. The van der Waals surface area contributed by atoms with E-state index in [0.29, 0.717) is 28.7 Å². The van der Waals surface area contributed by atoms with E-state index < -0.39 is 5.41 Å². The molecule has 2 aromatic rings. The van der Waals surface area contributed by atoms with Crippen LogP contribution in [0.1, 0.15) is 139 Å². The van der Waals surface area contributed by atoms with E-state index in [4.69, 9.17) is 16.3 Å². The minimum atomic E-state index is -0.706. The zero-order chi connectivity index (χ0) is 37.8. The topological polar surface area (TPSA) is 70.3 Å². The van der Waals surface area contributed by atoms with E-state index in [2.05, 4.69) is 60.2 Å². The number of rotatable bonds is 7. The molecule has 7 rings (SSSR count). The van der Waals surface area contributed by atoms with Gasteiger partial charge in [0.15, 0.2) is 0 Å². The Balaban J connectivity index is 1.23. The van der Waals surface area contributed by atoms with E-state index >= 15 is 0 Å². The lowest BCUT2D eigenvalue weighted by Crippen LogP contribution is -2.66. The number of hydrogen-bond acceptors (Lipinski definition) is 4. The Hall–Kier alpha value is -2.60. The van der Waals surface area contributed by atoms with Gasteiger partial charge >= 0.3 is 5.97 Å². The largest absolute Gasteiger partial charge is 0.462 e. The molecule has 7 unspecified atom stereocenters. The highest BCUT2D eigenvalue weighted by atomic mass is 35.5. The van der Waals surface area contributed by atoms with E-state index in [-0.39, 0.29) is 51.1 Å². The van der Waals surface area contributed by atoms with Gasteiger partial charge in [0, 0.05) is 34.4 Å². The summed E-state index contributed by atoms with van der Waals surface area (Å²) in [5, 5.41) is 0.668. The van der Waals surface area contributed by atoms with E-state index in [1.165, 1.54) is 25.0 Å². The first-order valence-corrected chi connectivity index (χ1v) is 20.6. The highest BCUT2D eigenvalue weighted by Crippen LogP contribution is 2.77. The lowest BCUT2D eigenvalue weighted by atomic mass is 9.33. The monoisotopic (exact) mass is 730 g/mol. The molecular formula is C45H63ClN2O4. The van der Waals surface area contributed by atoms with Crippen LogP contribution >= 0.6 is 11.6 Å². The summed E-state index contributed by atoms with van der Waals surface area (Å²) in [6.07, 6.45) is 12.0. The minimum absolute atomic E-state index is 0.0261. The van der Waals surface area contributed by atoms with Crippen molar-refractivity contribution < 1.29 is 14.3 Å². The molecule has 1 aromatic carbocycles. The lowest BCUT2D eigenvalue weighted by molar-refractivity contribution is -0.232. The van der Waals surface area contributed by atoms with Crippen molar-refractivity contribution in [2.45, 2.75) is 144 Å². The Bertz CT molecular complexity index is 1850. The molecule has 0 bridgehead atoms. The second-order valence-corrected chi connectivity index (χ2v) is 20.5. The standard InChI is InChI=1S/C45H63ClN2O4/c1-28(2)31-17-22-45(35-25-37(50)48(47(35)10)30-13-11-29(46)12-14-30)24-23-43(8)32(39(31)45)15-16-34-42(7)20-19-36(52-38(51)26-40(3,4)27-49)41(5,6)33(42)18-21-44(34,43)9/h11-14,25,27-28,32-34,36H,15-24,26H2,1-10H3/t32?,33?,34?,36?,42?,43-,44?,45?/m1/s1. The lowest BCUT2D eigenvalue weighted by Gasteiger charge is -2.72. The van der Waals surface area contributed by atoms with Crippen molar-refractivity contribution in [2.75, 3.05) is 0 Å². The predicted octanol–water partition coefficient (Wildman–Crippen LogP) is 10.4. The van der Waals surface area contributed by atoms with Gasteiger partial charge in [0.25, 0.3) is 5.56 Å². The molecule has 0 saturated heterocycles. The normalized spacial score (nSPS) is 36.8. The number of nitrogens with zero attached hydrogens (tertiary/aromatic N) is 2. The van der Waals surface area contributed by atoms with Crippen molar-refractivity contribution in [1.82, 2.24) is 9.36 Å². The quantitative estimate of drug-likeness (QED) is 0.162. The maximum absolute atomic E-state index is 13.8. The molecule has 0 spiro atoms. The number of aromatic nitrogens is 2. The minimum Gasteiger partial charge on any atom is -0.462 e. The summed E-state index contributed by atoms with van der Waals surface area (Å²) in [5.74, 6) is 1.78. The highest BCUT2D eigenvalue weighted by Gasteiger charge is 2.70. The second kappa shape index (κ2) is 12.5. The van der Waals surface area contributed by atoms with Crippen LogP contribution < -0.4 is 5.56 Å². The molecule has 284 valence electrons. The molecule has 4 saturated carbocycles. The zero-order valence-corrected chi connectivity index (χ0v) is 34.3. The van der Waals surface area contributed by atoms with Gasteiger partial charge in [0.2, 0.25) is 0 Å². The van der Waals surface area contributed by atoms with Gasteiger partial charge < -0.3 is 9.53 Å². The number of fused-ring (bicyclic) bond motifs is 7. The fourth-order valence-corrected chi connectivity index (χ4v) is 13.8.